The molecule has 2 aromatic rings. The quantitative estimate of drug-likeness (QED) is 0.823. The molecule has 0 aliphatic heterocycles. The number of ether oxygens (including phenoxy) is 1. The fourth-order valence-electron chi connectivity index (χ4n) is 1.95. The van der Waals surface area contributed by atoms with Gasteiger partial charge in [0.05, 0.1) is 11.0 Å². The van der Waals surface area contributed by atoms with E-state index in [2.05, 4.69) is 21.2 Å². The van der Waals surface area contributed by atoms with Crippen molar-refractivity contribution in [3.63, 3.8) is 0 Å². The molecular formula is C18H19BrN2O3. The molecule has 0 radical (unpaired) electrons. The second kappa shape index (κ2) is 8.49. The predicted molar refractivity (Wildman–Crippen MR) is 97.1 cm³/mol. The second-order valence-electron chi connectivity index (χ2n) is 5.38. The summed E-state index contributed by atoms with van der Waals surface area (Å²) in [4.78, 5) is 25.4. The summed E-state index contributed by atoms with van der Waals surface area (Å²) in [5, 5.41) is 2.76. The number of carbonyl (C=O) groups is 2. The Labute approximate surface area is 149 Å². The largest absolute Gasteiger partial charge is 0.483 e. The fraction of sp³-hybridized carbons (Fsp3) is 0.222. The Bertz CT molecular complexity index is 716. The number of anilines is 1. The van der Waals surface area contributed by atoms with Gasteiger partial charge in [0, 0.05) is 12.7 Å². The first-order chi connectivity index (χ1) is 11.5. The lowest BCUT2D eigenvalue weighted by Crippen LogP contribution is -2.37. The first-order valence-corrected chi connectivity index (χ1v) is 8.23. The van der Waals surface area contributed by atoms with Crippen LogP contribution in [0, 0.1) is 6.92 Å². The third-order valence-electron chi connectivity index (χ3n) is 3.33. The second-order valence-corrected chi connectivity index (χ2v) is 6.24. The van der Waals surface area contributed by atoms with Gasteiger partial charge in [0.15, 0.2) is 6.61 Å². The number of para-hydroxylation sites is 1. The predicted octanol–water partition coefficient (Wildman–Crippen LogP) is 3.23. The first kappa shape index (κ1) is 18.0. The summed E-state index contributed by atoms with van der Waals surface area (Å²) in [5.41, 5.74) is 1.82. The highest BCUT2D eigenvalue weighted by Gasteiger charge is 2.14. The summed E-state index contributed by atoms with van der Waals surface area (Å²) in [5.74, 6) is 0.0590. The Morgan fingerprint density at radius 1 is 1.12 bits per heavy atom. The number of halogens is 1. The Balaban J connectivity index is 1.81. The van der Waals surface area contributed by atoms with E-state index in [-0.39, 0.29) is 25.0 Å². The molecule has 0 saturated carbocycles. The molecule has 126 valence electrons. The number of likely N-dealkylation sites (N-methyl/N-ethyl adjacent to an activating group) is 1. The van der Waals surface area contributed by atoms with Crippen LogP contribution in [-0.2, 0) is 9.59 Å². The van der Waals surface area contributed by atoms with E-state index < -0.39 is 0 Å². The monoisotopic (exact) mass is 390 g/mol. The van der Waals surface area contributed by atoms with Crippen molar-refractivity contribution in [1.29, 1.82) is 0 Å². The van der Waals surface area contributed by atoms with Crippen LogP contribution in [0.5, 0.6) is 5.75 Å². The highest BCUT2D eigenvalue weighted by molar-refractivity contribution is 9.10. The van der Waals surface area contributed by atoms with Gasteiger partial charge >= 0.3 is 0 Å². The molecule has 0 atom stereocenters. The number of carbonyl (C=O) groups excluding carboxylic acids is 2. The van der Waals surface area contributed by atoms with Crippen molar-refractivity contribution in [2.75, 3.05) is 25.5 Å². The minimum Gasteiger partial charge on any atom is -0.483 e. The van der Waals surface area contributed by atoms with Gasteiger partial charge < -0.3 is 15.0 Å². The van der Waals surface area contributed by atoms with Crippen LogP contribution in [0.3, 0.4) is 0 Å². The lowest BCUT2D eigenvalue weighted by atomic mass is 10.2. The number of rotatable bonds is 6. The maximum Gasteiger partial charge on any atom is 0.260 e. The van der Waals surface area contributed by atoms with Crippen LogP contribution in [0.25, 0.3) is 0 Å². The maximum atomic E-state index is 12.1. The van der Waals surface area contributed by atoms with E-state index in [1.807, 2.05) is 49.4 Å². The molecule has 0 spiro atoms. The van der Waals surface area contributed by atoms with E-state index in [9.17, 15) is 9.59 Å². The van der Waals surface area contributed by atoms with E-state index in [4.69, 9.17) is 4.74 Å². The maximum absolute atomic E-state index is 12.1. The lowest BCUT2D eigenvalue weighted by Gasteiger charge is -2.17. The smallest absolute Gasteiger partial charge is 0.260 e. The standard InChI is InChI=1S/C18H19BrN2O3/c1-13-7-9-14(10-8-13)20-17(22)11-21(2)18(23)12-24-16-6-4-3-5-15(16)19/h3-10H,11-12H2,1-2H3,(H,20,22). The summed E-state index contributed by atoms with van der Waals surface area (Å²) >= 11 is 3.35. The zero-order valence-electron chi connectivity index (χ0n) is 13.6. The molecule has 2 rings (SSSR count). The molecule has 0 aliphatic carbocycles. The van der Waals surface area contributed by atoms with Crippen LogP contribution in [0.4, 0.5) is 5.69 Å². The molecule has 0 fully saturated rings. The number of amides is 2. The Morgan fingerprint density at radius 3 is 2.46 bits per heavy atom. The third kappa shape index (κ3) is 5.38. The zero-order chi connectivity index (χ0) is 17.5. The fourth-order valence-corrected chi connectivity index (χ4v) is 2.35. The SMILES string of the molecule is Cc1ccc(NC(=O)CN(C)C(=O)COc2ccccc2Br)cc1. The average molecular weight is 391 g/mol. The highest BCUT2D eigenvalue weighted by Crippen LogP contribution is 2.23. The molecule has 2 amide bonds. The van der Waals surface area contributed by atoms with Crippen LogP contribution >= 0.6 is 15.9 Å². The van der Waals surface area contributed by atoms with Gasteiger partial charge in [-0.15, -0.1) is 0 Å². The van der Waals surface area contributed by atoms with Gasteiger partial charge in [-0.05, 0) is 47.1 Å². The molecule has 0 saturated heterocycles. The number of nitrogens with one attached hydrogen (secondary N) is 1. The van der Waals surface area contributed by atoms with E-state index in [0.29, 0.717) is 11.4 Å². The van der Waals surface area contributed by atoms with Crippen LogP contribution in [-0.4, -0.2) is 36.9 Å². The first-order valence-electron chi connectivity index (χ1n) is 7.43. The van der Waals surface area contributed by atoms with Crippen molar-refractivity contribution < 1.29 is 14.3 Å². The minimum absolute atomic E-state index is 0.0357. The van der Waals surface area contributed by atoms with Gasteiger partial charge in [-0.2, -0.15) is 0 Å². The van der Waals surface area contributed by atoms with Gasteiger partial charge in [0.25, 0.3) is 5.91 Å². The number of hydrogen-bond acceptors (Lipinski definition) is 3. The molecule has 5 nitrogen and oxygen atoms in total. The van der Waals surface area contributed by atoms with Crippen molar-refractivity contribution >= 4 is 33.4 Å². The van der Waals surface area contributed by atoms with Gasteiger partial charge in [0.1, 0.15) is 5.75 Å². The van der Waals surface area contributed by atoms with Crippen molar-refractivity contribution in [2.24, 2.45) is 0 Å². The number of benzene rings is 2. The molecule has 0 aliphatic rings. The summed E-state index contributed by atoms with van der Waals surface area (Å²) in [7, 11) is 1.57. The van der Waals surface area contributed by atoms with Crippen LogP contribution < -0.4 is 10.1 Å². The number of aryl methyl sites for hydroxylation is 1. The number of hydrogen-bond donors (Lipinski definition) is 1. The van der Waals surface area contributed by atoms with Gasteiger partial charge in [0.2, 0.25) is 5.91 Å². The lowest BCUT2D eigenvalue weighted by molar-refractivity contribution is -0.135. The molecule has 0 heterocycles. The van der Waals surface area contributed by atoms with Gasteiger partial charge in [-0.3, -0.25) is 9.59 Å². The van der Waals surface area contributed by atoms with E-state index in [1.165, 1.54) is 4.90 Å². The van der Waals surface area contributed by atoms with E-state index in [1.54, 1.807) is 13.1 Å². The van der Waals surface area contributed by atoms with E-state index in [0.717, 1.165) is 10.0 Å². The molecule has 6 heteroatoms. The van der Waals surface area contributed by atoms with Gasteiger partial charge in [-0.1, -0.05) is 29.8 Å². The van der Waals surface area contributed by atoms with Crippen LogP contribution in [0.1, 0.15) is 5.56 Å². The molecule has 24 heavy (non-hydrogen) atoms. The molecule has 0 bridgehead atoms. The van der Waals surface area contributed by atoms with Crippen molar-refractivity contribution in [2.45, 2.75) is 6.92 Å². The summed E-state index contributed by atoms with van der Waals surface area (Å²) in [6, 6.07) is 14.8. The highest BCUT2D eigenvalue weighted by atomic mass is 79.9. The van der Waals surface area contributed by atoms with Gasteiger partial charge in [-0.25, -0.2) is 0 Å². The summed E-state index contributed by atoms with van der Waals surface area (Å²) in [6.45, 7) is 1.81. The minimum atomic E-state index is -0.273. The topological polar surface area (TPSA) is 58.6 Å². The van der Waals surface area contributed by atoms with Crippen molar-refractivity contribution in [3.8, 4) is 5.75 Å². The van der Waals surface area contributed by atoms with Crippen molar-refractivity contribution in [1.82, 2.24) is 4.90 Å². The Morgan fingerprint density at radius 2 is 1.79 bits per heavy atom. The molecular weight excluding hydrogens is 372 g/mol. The molecule has 0 unspecified atom stereocenters. The zero-order valence-corrected chi connectivity index (χ0v) is 15.2. The number of nitrogens with zero attached hydrogens (tertiary/aromatic N) is 1. The molecule has 2 aromatic carbocycles. The molecule has 1 N–H and O–H groups in total. The molecule has 0 aromatic heterocycles. The normalized spacial score (nSPS) is 10.1. The van der Waals surface area contributed by atoms with Crippen LogP contribution in [0.15, 0.2) is 53.0 Å². The summed E-state index contributed by atoms with van der Waals surface area (Å²) in [6.07, 6.45) is 0. The van der Waals surface area contributed by atoms with Crippen molar-refractivity contribution in [3.05, 3.63) is 58.6 Å². The average Bonchev–Trinajstić information content (AvgIpc) is 2.56. The third-order valence-corrected chi connectivity index (χ3v) is 3.98. The Kier molecular flexibility index (Phi) is 6.37. The summed E-state index contributed by atoms with van der Waals surface area (Å²) < 4.78 is 6.24. The van der Waals surface area contributed by atoms with E-state index >= 15 is 0 Å². The van der Waals surface area contributed by atoms with Crippen LogP contribution in [0.2, 0.25) is 0 Å². The Hall–Kier alpha value is -2.34.